The van der Waals surface area contributed by atoms with Gasteiger partial charge in [-0.15, -0.1) is 0 Å². The summed E-state index contributed by atoms with van der Waals surface area (Å²) < 4.78 is 5.45. The van der Waals surface area contributed by atoms with Gasteiger partial charge in [0.1, 0.15) is 0 Å². The fraction of sp³-hybridized carbons (Fsp3) is 0.375. The molecule has 1 saturated carbocycles. The van der Waals surface area contributed by atoms with E-state index < -0.39 is 5.97 Å². The van der Waals surface area contributed by atoms with Gasteiger partial charge in [-0.1, -0.05) is 26.0 Å². The molecule has 4 heteroatoms. The summed E-state index contributed by atoms with van der Waals surface area (Å²) in [7, 11) is 0. The monoisotopic (exact) mass is 271 g/mol. The molecule has 0 radical (unpaired) electrons. The number of carboxylic acid groups (broad SMARTS) is 1. The Bertz CT molecular complexity index is 636. The molecule has 1 aliphatic rings. The van der Waals surface area contributed by atoms with Crippen molar-refractivity contribution in [2.75, 3.05) is 0 Å². The fourth-order valence-electron chi connectivity index (χ4n) is 2.25. The molecule has 0 aliphatic heterocycles. The molecule has 1 aromatic heterocycles. The molecule has 0 bridgehead atoms. The largest absolute Gasteiger partial charge is 0.475 e. The van der Waals surface area contributed by atoms with Gasteiger partial charge in [0.2, 0.25) is 11.7 Å². The Balaban J connectivity index is 1.97. The van der Waals surface area contributed by atoms with Gasteiger partial charge >= 0.3 is 5.97 Å². The predicted molar refractivity (Wildman–Crippen MR) is 75.0 cm³/mol. The average Bonchev–Trinajstić information content (AvgIpc) is 3.17. The summed E-state index contributed by atoms with van der Waals surface area (Å²) in [4.78, 5) is 15.6. The van der Waals surface area contributed by atoms with Crippen LogP contribution in [0.2, 0.25) is 0 Å². The average molecular weight is 271 g/mol. The zero-order chi connectivity index (χ0) is 14.3. The first-order chi connectivity index (χ1) is 9.56. The summed E-state index contributed by atoms with van der Waals surface area (Å²) >= 11 is 0. The van der Waals surface area contributed by atoms with Crippen molar-refractivity contribution in [1.82, 2.24) is 4.98 Å². The molecule has 0 amide bonds. The van der Waals surface area contributed by atoms with Crippen LogP contribution in [0.25, 0.3) is 11.5 Å². The zero-order valence-corrected chi connectivity index (χ0v) is 11.6. The highest BCUT2D eigenvalue weighted by Gasteiger charge is 2.33. The number of benzene rings is 1. The Morgan fingerprint density at radius 2 is 1.95 bits per heavy atom. The van der Waals surface area contributed by atoms with E-state index in [-0.39, 0.29) is 11.7 Å². The minimum atomic E-state index is -1.04. The number of hydrogen-bond donors (Lipinski definition) is 1. The van der Waals surface area contributed by atoms with Gasteiger partial charge in [0.15, 0.2) is 0 Å². The molecule has 0 spiro atoms. The number of hydrogen-bond acceptors (Lipinski definition) is 3. The van der Waals surface area contributed by atoms with E-state index in [9.17, 15) is 9.90 Å². The van der Waals surface area contributed by atoms with Gasteiger partial charge in [-0.2, -0.15) is 0 Å². The van der Waals surface area contributed by atoms with E-state index >= 15 is 0 Å². The lowest BCUT2D eigenvalue weighted by Crippen LogP contribution is -1.98. The van der Waals surface area contributed by atoms with Gasteiger partial charge in [-0.05, 0) is 36.5 Å². The number of aromatic carboxylic acids is 1. The van der Waals surface area contributed by atoms with Gasteiger partial charge in [-0.25, -0.2) is 9.78 Å². The van der Waals surface area contributed by atoms with Crippen molar-refractivity contribution in [2.45, 2.75) is 38.5 Å². The molecule has 104 valence electrons. The number of rotatable bonds is 4. The minimum Gasteiger partial charge on any atom is -0.475 e. The van der Waals surface area contributed by atoms with Crippen LogP contribution in [-0.4, -0.2) is 16.1 Å². The summed E-state index contributed by atoms with van der Waals surface area (Å²) in [5.74, 6) is 0.0817. The summed E-state index contributed by atoms with van der Waals surface area (Å²) in [5.41, 5.74) is 2.66. The lowest BCUT2D eigenvalue weighted by Gasteiger charge is -2.04. The quantitative estimate of drug-likeness (QED) is 0.911. The van der Waals surface area contributed by atoms with Crippen LogP contribution < -0.4 is 0 Å². The molecule has 20 heavy (non-hydrogen) atoms. The van der Waals surface area contributed by atoms with Gasteiger partial charge < -0.3 is 9.52 Å². The Labute approximate surface area is 117 Å². The first kappa shape index (κ1) is 12.9. The Morgan fingerprint density at radius 3 is 2.45 bits per heavy atom. The molecule has 1 heterocycles. The number of aromatic nitrogens is 1. The normalized spacial score (nSPS) is 14.8. The Kier molecular flexibility index (Phi) is 3.08. The maximum atomic E-state index is 11.2. The van der Waals surface area contributed by atoms with Crippen LogP contribution in [0, 0.1) is 0 Å². The highest BCUT2D eigenvalue weighted by atomic mass is 16.4. The van der Waals surface area contributed by atoms with E-state index in [2.05, 4.69) is 18.8 Å². The molecule has 1 aliphatic carbocycles. The van der Waals surface area contributed by atoms with Crippen LogP contribution >= 0.6 is 0 Å². The number of oxazole rings is 1. The second-order valence-corrected chi connectivity index (χ2v) is 5.59. The van der Waals surface area contributed by atoms with Crippen molar-refractivity contribution >= 4 is 5.97 Å². The first-order valence-electron chi connectivity index (χ1n) is 6.90. The molecule has 1 aromatic carbocycles. The third kappa shape index (κ3) is 2.33. The SMILES string of the molecule is CC(C)c1ccc(-c2nc(C3CC3)c(C(=O)O)o2)cc1. The molecule has 0 unspecified atom stereocenters. The molecule has 2 aromatic rings. The summed E-state index contributed by atoms with van der Waals surface area (Å²) in [5, 5.41) is 9.19. The lowest BCUT2D eigenvalue weighted by molar-refractivity contribution is 0.0661. The van der Waals surface area contributed by atoms with Crippen molar-refractivity contribution < 1.29 is 14.3 Å². The van der Waals surface area contributed by atoms with Gasteiger partial charge in [0.25, 0.3) is 0 Å². The molecule has 3 rings (SSSR count). The molecule has 1 N–H and O–H groups in total. The number of nitrogens with zero attached hydrogens (tertiary/aromatic N) is 1. The van der Waals surface area contributed by atoms with Crippen molar-refractivity contribution in [3.05, 3.63) is 41.3 Å². The van der Waals surface area contributed by atoms with E-state index in [0.717, 1.165) is 18.4 Å². The Morgan fingerprint density at radius 1 is 1.30 bits per heavy atom. The van der Waals surface area contributed by atoms with E-state index in [0.29, 0.717) is 17.5 Å². The van der Waals surface area contributed by atoms with E-state index in [4.69, 9.17) is 4.42 Å². The molecular formula is C16H17NO3. The maximum Gasteiger partial charge on any atom is 0.373 e. The standard InChI is InChI=1S/C16H17NO3/c1-9(2)10-3-7-12(8-4-10)15-17-13(11-5-6-11)14(20-15)16(18)19/h3-4,7-9,11H,5-6H2,1-2H3,(H,18,19). The van der Waals surface area contributed by atoms with Crippen molar-refractivity contribution in [2.24, 2.45) is 0 Å². The Hall–Kier alpha value is -2.10. The maximum absolute atomic E-state index is 11.2. The van der Waals surface area contributed by atoms with Crippen LogP contribution in [0.1, 0.15) is 60.3 Å². The van der Waals surface area contributed by atoms with Crippen LogP contribution in [0.3, 0.4) is 0 Å². The minimum absolute atomic E-state index is 0.00423. The van der Waals surface area contributed by atoms with Crippen LogP contribution in [0.15, 0.2) is 28.7 Å². The number of carboxylic acids is 1. The first-order valence-corrected chi connectivity index (χ1v) is 6.90. The highest BCUT2D eigenvalue weighted by molar-refractivity contribution is 5.86. The van der Waals surface area contributed by atoms with Gasteiger partial charge in [-0.3, -0.25) is 0 Å². The van der Waals surface area contributed by atoms with E-state index in [1.165, 1.54) is 5.56 Å². The van der Waals surface area contributed by atoms with Crippen molar-refractivity contribution in [3.8, 4) is 11.5 Å². The fourth-order valence-corrected chi connectivity index (χ4v) is 2.25. The lowest BCUT2D eigenvalue weighted by atomic mass is 10.0. The topological polar surface area (TPSA) is 63.3 Å². The second kappa shape index (κ2) is 4.78. The smallest absolute Gasteiger partial charge is 0.373 e. The van der Waals surface area contributed by atoms with E-state index in [1.54, 1.807) is 0 Å². The molecule has 0 saturated heterocycles. The number of carbonyl (C=O) groups is 1. The van der Waals surface area contributed by atoms with E-state index in [1.807, 2.05) is 24.3 Å². The van der Waals surface area contributed by atoms with Gasteiger partial charge in [0.05, 0.1) is 5.69 Å². The van der Waals surface area contributed by atoms with Crippen molar-refractivity contribution in [1.29, 1.82) is 0 Å². The van der Waals surface area contributed by atoms with Gasteiger partial charge in [0, 0.05) is 11.5 Å². The third-order valence-corrected chi connectivity index (χ3v) is 3.64. The van der Waals surface area contributed by atoms with Crippen LogP contribution in [0.4, 0.5) is 0 Å². The van der Waals surface area contributed by atoms with Crippen molar-refractivity contribution in [3.63, 3.8) is 0 Å². The molecule has 0 atom stereocenters. The summed E-state index contributed by atoms with van der Waals surface area (Å²) in [6, 6.07) is 7.93. The van der Waals surface area contributed by atoms with Crippen LogP contribution in [-0.2, 0) is 0 Å². The molecule has 4 nitrogen and oxygen atoms in total. The highest BCUT2D eigenvalue weighted by Crippen LogP contribution is 2.42. The zero-order valence-electron chi connectivity index (χ0n) is 11.6. The summed E-state index contributed by atoms with van der Waals surface area (Å²) in [6.45, 7) is 4.27. The van der Waals surface area contributed by atoms with Crippen LogP contribution in [0.5, 0.6) is 0 Å². The predicted octanol–water partition coefficient (Wildman–Crippen LogP) is 4.04. The second-order valence-electron chi connectivity index (χ2n) is 5.59. The summed E-state index contributed by atoms with van der Waals surface area (Å²) in [6.07, 6.45) is 2.00. The molecule has 1 fully saturated rings. The molecular weight excluding hydrogens is 254 g/mol. The third-order valence-electron chi connectivity index (χ3n) is 3.64.